The molecule has 0 saturated heterocycles. The van der Waals surface area contributed by atoms with Crippen molar-refractivity contribution in [2.45, 2.75) is 20.3 Å². The number of hydrogen-bond acceptors (Lipinski definition) is 2. The number of carbonyl (C=O) groups is 1. The number of carbonyl (C=O) groups excluding carboxylic acids is 1. The van der Waals surface area contributed by atoms with E-state index in [0.717, 1.165) is 16.6 Å². The van der Waals surface area contributed by atoms with Gasteiger partial charge in [-0.15, -0.1) is 0 Å². The molecular formula is C15H21N3O. The number of nitrogens with two attached hydrogens (primary N) is 1. The van der Waals surface area contributed by atoms with E-state index in [1.165, 1.54) is 0 Å². The Labute approximate surface area is 113 Å². The Balaban J connectivity index is 2.24. The van der Waals surface area contributed by atoms with Gasteiger partial charge in [0.15, 0.2) is 0 Å². The summed E-state index contributed by atoms with van der Waals surface area (Å²) >= 11 is 0. The molecular weight excluding hydrogens is 238 g/mol. The molecule has 1 aromatic carbocycles. The van der Waals surface area contributed by atoms with Crippen LogP contribution in [0, 0.1) is 5.41 Å². The Kier molecular flexibility index (Phi) is 3.62. The molecule has 19 heavy (non-hydrogen) atoms. The topological polar surface area (TPSA) is 62.1 Å². The molecule has 0 fully saturated rings. The number of fused-ring (bicyclic) bond motifs is 1. The third-order valence-electron chi connectivity index (χ3n) is 3.49. The van der Waals surface area contributed by atoms with Crippen LogP contribution in [0.2, 0.25) is 0 Å². The lowest BCUT2D eigenvalue weighted by atomic mass is 9.89. The average molecular weight is 259 g/mol. The summed E-state index contributed by atoms with van der Waals surface area (Å²) in [6.07, 6.45) is 2.32. The minimum atomic E-state index is -0.169. The van der Waals surface area contributed by atoms with Crippen LogP contribution in [0.1, 0.15) is 20.3 Å². The van der Waals surface area contributed by atoms with Crippen LogP contribution in [0.25, 0.3) is 10.9 Å². The summed E-state index contributed by atoms with van der Waals surface area (Å²) in [5.41, 5.74) is 7.47. The molecule has 0 unspecified atom stereocenters. The maximum absolute atomic E-state index is 12.3. The predicted octanol–water partition coefficient (Wildman–Crippen LogP) is 2.51. The number of H-pyrrole nitrogens is 1. The zero-order valence-electron chi connectivity index (χ0n) is 11.7. The first-order valence-electron chi connectivity index (χ1n) is 6.47. The second-order valence-corrected chi connectivity index (χ2v) is 5.72. The van der Waals surface area contributed by atoms with Crippen molar-refractivity contribution in [3.63, 3.8) is 0 Å². The highest BCUT2D eigenvalue weighted by atomic mass is 16.2. The standard InChI is InChI=1S/C15H21N3O/c1-15(2,10-16)8-14(19)18(3)13-9-17-12-7-5-4-6-11(12)13/h4-7,9,17H,8,10,16H2,1-3H3. The molecule has 0 atom stereocenters. The Morgan fingerprint density at radius 3 is 2.74 bits per heavy atom. The first-order chi connectivity index (χ1) is 8.94. The number of benzene rings is 1. The van der Waals surface area contributed by atoms with Crippen molar-refractivity contribution in [1.82, 2.24) is 4.98 Å². The Morgan fingerprint density at radius 2 is 2.05 bits per heavy atom. The van der Waals surface area contributed by atoms with Gasteiger partial charge in [0.2, 0.25) is 5.91 Å². The van der Waals surface area contributed by atoms with Crippen LogP contribution in [0.3, 0.4) is 0 Å². The number of nitrogens with zero attached hydrogens (tertiary/aromatic N) is 1. The predicted molar refractivity (Wildman–Crippen MR) is 79.2 cm³/mol. The van der Waals surface area contributed by atoms with Gasteiger partial charge in [-0.3, -0.25) is 4.79 Å². The Hall–Kier alpha value is -1.81. The summed E-state index contributed by atoms with van der Waals surface area (Å²) in [5, 5.41) is 1.06. The second-order valence-electron chi connectivity index (χ2n) is 5.72. The molecule has 4 nitrogen and oxygen atoms in total. The maximum Gasteiger partial charge on any atom is 0.227 e. The molecule has 0 saturated carbocycles. The lowest BCUT2D eigenvalue weighted by molar-refractivity contribution is -0.120. The fourth-order valence-corrected chi connectivity index (χ4v) is 2.07. The van der Waals surface area contributed by atoms with Gasteiger partial charge in [-0.05, 0) is 18.0 Å². The number of amides is 1. The number of anilines is 1. The quantitative estimate of drug-likeness (QED) is 0.886. The summed E-state index contributed by atoms with van der Waals surface area (Å²) in [7, 11) is 1.81. The Morgan fingerprint density at radius 1 is 1.37 bits per heavy atom. The highest BCUT2D eigenvalue weighted by Gasteiger charge is 2.24. The molecule has 1 aromatic heterocycles. The van der Waals surface area contributed by atoms with Crippen LogP contribution >= 0.6 is 0 Å². The SMILES string of the molecule is CN(C(=O)CC(C)(C)CN)c1c[nH]c2ccccc12. The van der Waals surface area contributed by atoms with E-state index >= 15 is 0 Å². The van der Waals surface area contributed by atoms with Gasteiger partial charge in [0.1, 0.15) is 0 Å². The van der Waals surface area contributed by atoms with Crippen LogP contribution in [0.5, 0.6) is 0 Å². The van der Waals surface area contributed by atoms with E-state index < -0.39 is 0 Å². The highest BCUT2D eigenvalue weighted by Crippen LogP contribution is 2.28. The molecule has 4 heteroatoms. The zero-order chi connectivity index (χ0) is 14.0. The number of hydrogen-bond donors (Lipinski definition) is 2. The minimum absolute atomic E-state index is 0.0835. The summed E-state index contributed by atoms with van der Waals surface area (Å²) in [6.45, 7) is 4.52. The van der Waals surface area contributed by atoms with Gasteiger partial charge in [0.05, 0.1) is 5.69 Å². The van der Waals surface area contributed by atoms with Crippen molar-refractivity contribution in [1.29, 1.82) is 0 Å². The summed E-state index contributed by atoms with van der Waals surface area (Å²) in [4.78, 5) is 17.2. The molecule has 0 aliphatic carbocycles. The monoisotopic (exact) mass is 259 g/mol. The van der Waals surface area contributed by atoms with Gasteiger partial charge >= 0.3 is 0 Å². The summed E-state index contributed by atoms with van der Waals surface area (Å²) in [5.74, 6) is 0.0835. The van der Waals surface area contributed by atoms with E-state index in [-0.39, 0.29) is 11.3 Å². The van der Waals surface area contributed by atoms with Gasteiger partial charge in [-0.25, -0.2) is 0 Å². The van der Waals surface area contributed by atoms with Crippen molar-refractivity contribution in [3.05, 3.63) is 30.5 Å². The fraction of sp³-hybridized carbons (Fsp3) is 0.400. The smallest absolute Gasteiger partial charge is 0.227 e. The lowest BCUT2D eigenvalue weighted by Gasteiger charge is -2.25. The van der Waals surface area contributed by atoms with E-state index in [9.17, 15) is 4.79 Å². The van der Waals surface area contributed by atoms with Crippen molar-refractivity contribution in [2.24, 2.45) is 11.1 Å². The molecule has 2 rings (SSSR count). The minimum Gasteiger partial charge on any atom is -0.359 e. The molecule has 102 valence electrons. The van der Waals surface area contributed by atoms with Crippen LogP contribution < -0.4 is 10.6 Å². The van der Waals surface area contributed by atoms with E-state index in [4.69, 9.17) is 5.73 Å². The number of nitrogens with one attached hydrogen (secondary N) is 1. The third kappa shape index (κ3) is 2.79. The van der Waals surface area contributed by atoms with Crippen LogP contribution in [0.15, 0.2) is 30.5 Å². The number of rotatable bonds is 4. The van der Waals surface area contributed by atoms with Crippen LogP contribution in [-0.2, 0) is 4.79 Å². The van der Waals surface area contributed by atoms with Gasteiger partial charge in [-0.1, -0.05) is 32.0 Å². The van der Waals surface area contributed by atoms with Crippen molar-refractivity contribution in [2.75, 3.05) is 18.5 Å². The Bertz CT molecular complexity index is 586. The number of aromatic amines is 1. The normalized spacial score (nSPS) is 11.8. The van der Waals surface area contributed by atoms with Gasteiger partial charge < -0.3 is 15.6 Å². The average Bonchev–Trinajstić information content (AvgIpc) is 2.81. The number of aromatic nitrogens is 1. The second kappa shape index (κ2) is 5.05. The van der Waals surface area contributed by atoms with Gasteiger partial charge in [-0.2, -0.15) is 0 Å². The molecule has 3 N–H and O–H groups in total. The highest BCUT2D eigenvalue weighted by molar-refractivity contribution is 6.03. The third-order valence-corrected chi connectivity index (χ3v) is 3.49. The van der Waals surface area contributed by atoms with Crippen molar-refractivity contribution < 1.29 is 4.79 Å². The van der Waals surface area contributed by atoms with Gasteiger partial charge in [0, 0.05) is 30.6 Å². The molecule has 0 aliphatic rings. The van der Waals surface area contributed by atoms with E-state index in [0.29, 0.717) is 13.0 Å². The summed E-state index contributed by atoms with van der Waals surface area (Å²) < 4.78 is 0. The molecule has 0 bridgehead atoms. The largest absolute Gasteiger partial charge is 0.359 e. The first-order valence-corrected chi connectivity index (χ1v) is 6.47. The lowest BCUT2D eigenvalue weighted by Crippen LogP contribution is -2.34. The van der Waals surface area contributed by atoms with Crippen molar-refractivity contribution >= 4 is 22.5 Å². The number of para-hydroxylation sites is 1. The molecule has 0 aliphatic heterocycles. The van der Waals surface area contributed by atoms with Crippen LogP contribution in [-0.4, -0.2) is 24.5 Å². The molecule has 2 aromatic rings. The first kappa shape index (κ1) is 13.6. The van der Waals surface area contributed by atoms with E-state index in [2.05, 4.69) is 4.98 Å². The zero-order valence-corrected chi connectivity index (χ0v) is 11.7. The van der Waals surface area contributed by atoms with Crippen LogP contribution in [0.4, 0.5) is 5.69 Å². The maximum atomic E-state index is 12.3. The van der Waals surface area contributed by atoms with E-state index in [1.54, 1.807) is 4.90 Å². The van der Waals surface area contributed by atoms with Gasteiger partial charge in [0.25, 0.3) is 0 Å². The molecule has 0 spiro atoms. The molecule has 1 heterocycles. The van der Waals surface area contributed by atoms with E-state index in [1.807, 2.05) is 51.4 Å². The molecule has 1 amide bonds. The molecule has 0 radical (unpaired) electrons. The summed E-state index contributed by atoms with van der Waals surface area (Å²) in [6, 6.07) is 7.96. The fourth-order valence-electron chi connectivity index (χ4n) is 2.07. The van der Waals surface area contributed by atoms with Crippen molar-refractivity contribution in [3.8, 4) is 0 Å².